The van der Waals surface area contributed by atoms with Crippen LogP contribution in [0.15, 0.2) is 10.6 Å². The number of carbonyl (C=O) groups is 1. The SMILES string of the molecule is CC[C@@H]1CN(C(=O)c2cc(C(C)C)no2)C[C@H]1N1CCOCC1. The van der Waals surface area contributed by atoms with Crippen molar-refractivity contribution >= 4 is 5.91 Å². The molecule has 0 aliphatic carbocycles. The number of hydrogen-bond acceptors (Lipinski definition) is 5. The highest BCUT2D eigenvalue weighted by Gasteiger charge is 2.39. The molecule has 6 heteroatoms. The summed E-state index contributed by atoms with van der Waals surface area (Å²) in [6.45, 7) is 11.4. The third-order valence-electron chi connectivity index (χ3n) is 5.06. The van der Waals surface area contributed by atoms with Crippen molar-refractivity contribution in [2.75, 3.05) is 39.4 Å². The van der Waals surface area contributed by atoms with Crippen LogP contribution < -0.4 is 0 Å². The van der Waals surface area contributed by atoms with Crippen LogP contribution >= 0.6 is 0 Å². The van der Waals surface area contributed by atoms with Crippen LogP contribution in [0.25, 0.3) is 0 Å². The zero-order valence-electron chi connectivity index (χ0n) is 14.3. The van der Waals surface area contributed by atoms with Gasteiger partial charge in [-0.15, -0.1) is 0 Å². The largest absolute Gasteiger partial charge is 0.379 e. The molecule has 0 unspecified atom stereocenters. The Morgan fingerprint density at radius 2 is 2.09 bits per heavy atom. The monoisotopic (exact) mass is 321 g/mol. The second kappa shape index (κ2) is 7.01. The van der Waals surface area contributed by atoms with E-state index in [1.807, 2.05) is 18.7 Å². The standard InChI is InChI=1S/C17H27N3O3/c1-4-13-10-20(11-15(13)19-5-7-22-8-6-19)17(21)16-9-14(12(2)3)18-23-16/h9,12-13,15H,4-8,10-11H2,1-3H3/t13-,15-/m1/s1. The molecule has 0 radical (unpaired) electrons. The Bertz CT molecular complexity index is 537. The number of rotatable bonds is 4. The lowest BCUT2D eigenvalue weighted by Gasteiger charge is -2.34. The van der Waals surface area contributed by atoms with Crippen molar-refractivity contribution in [3.63, 3.8) is 0 Å². The van der Waals surface area contributed by atoms with E-state index in [9.17, 15) is 4.79 Å². The average Bonchev–Trinajstić information content (AvgIpc) is 3.22. The molecule has 1 aromatic rings. The minimum absolute atomic E-state index is 0.0291. The highest BCUT2D eigenvalue weighted by atomic mass is 16.5. The first-order valence-corrected chi connectivity index (χ1v) is 8.67. The molecule has 2 saturated heterocycles. The van der Waals surface area contributed by atoms with Crippen LogP contribution in [-0.4, -0.2) is 66.3 Å². The van der Waals surface area contributed by atoms with Crippen LogP contribution in [0.1, 0.15) is 49.4 Å². The van der Waals surface area contributed by atoms with Gasteiger partial charge in [0, 0.05) is 38.3 Å². The van der Waals surface area contributed by atoms with Crippen molar-refractivity contribution < 1.29 is 14.1 Å². The van der Waals surface area contributed by atoms with Gasteiger partial charge in [-0.25, -0.2) is 0 Å². The van der Waals surface area contributed by atoms with Crippen LogP contribution in [0.2, 0.25) is 0 Å². The van der Waals surface area contributed by atoms with E-state index in [4.69, 9.17) is 9.26 Å². The molecule has 0 N–H and O–H groups in total. The van der Waals surface area contributed by atoms with Gasteiger partial charge in [0.15, 0.2) is 0 Å². The summed E-state index contributed by atoms with van der Waals surface area (Å²) < 4.78 is 10.7. The third-order valence-corrected chi connectivity index (χ3v) is 5.06. The summed E-state index contributed by atoms with van der Waals surface area (Å²) >= 11 is 0. The molecule has 0 aromatic carbocycles. The van der Waals surface area contributed by atoms with E-state index in [0.717, 1.165) is 51.5 Å². The van der Waals surface area contributed by atoms with Crippen LogP contribution in [0.3, 0.4) is 0 Å². The topological polar surface area (TPSA) is 58.8 Å². The molecule has 3 rings (SSSR count). The van der Waals surface area contributed by atoms with Gasteiger partial charge in [0.1, 0.15) is 0 Å². The van der Waals surface area contributed by atoms with Gasteiger partial charge in [-0.1, -0.05) is 32.3 Å². The summed E-state index contributed by atoms with van der Waals surface area (Å²) in [4.78, 5) is 17.1. The number of carbonyl (C=O) groups excluding carboxylic acids is 1. The summed E-state index contributed by atoms with van der Waals surface area (Å²) in [5.41, 5.74) is 0.837. The van der Waals surface area contributed by atoms with E-state index < -0.39 is 0 Å². The average molecular weight is 321 g/mol. The van der Waals surface area contributed by atoms with Crippen molar-refractivity contribution in [1.29, 1.82) is 0 Å². The van der Waals surface area contributed by atoms with E-state index in [1.54, 1.807) is 6.07 Å². The van der Waals surface area contributed by atoms with Gasteiger partial charge in [0.2, 0.25) is 5.76 Å². The Morgan fingerprint density at radius 3 is 2.70 bits per heavy atom. The highest BCUT2D eigenvalue weighted by molar-refractivity contribution is 5.91. The van der Waals surface area contributed by atoms with Gasteiger partial charge in [0.05, 0.1) is 18.9 Å². The molecule has 2 fully saturated rings. The summed E-state index contributed by atoms with van der Waals surface area (Å²) in [7, 11) is 0. The Kier molecular flexibility index (Phi) is 5.02. The molecule has 1 aromatic heterocycles. The van der Waals surface area contributed by atoms with Crippen molar-refractivity contribution in [3.8, 4) is 0 Å². The lowest BCUT2D eigenvalue weighted by atomic mass is 9.99. The molecule has 128 valence electrons. The molecule has 23 heavy (non-hydrogen) atoms. The first kappa shape index (κ1) is 16.5. The number of amides is 1. The van der Waals surface area contributed by atoms with Gasteiger partial charge in [0.25, 0.3) is 5.91 Å². The maximum absolute atomic E-state index is 12.7. The summed E-state index contributed by atoms with van der Waals surface area (Å²) in [6, 6.07) is 2.22. The Labute approximate surface area is 137 Å². The second-order valence-corrected chi connectivity index (χ2v) is 6.86. The Balaban J connectivity index is 1.69. The lowest BCUT2D eigenvalue weighted by molar-refractivity contribution is 0.0102. The Hall–Kier alpha value is -1.40. The fourth-order valence-electron chi connectivity index (χ4n) is 3.56. The molecule has 2 aliphatic rings. The maximum Gasteiger partial charge on any atom is 0.292 e. The zero-order valence-corrected chi connectivity index (χ0v) is 14.3. The summed E-state index contributed by atoms with van der Waals surface area (Å²) in [5, 5.41) is 4.01. The summed E-state index contributed by atoms with van der Waals surface area (Å²) in [6.07, 6.45) is 1.08. The normalized spacial score (nSPS) is 26.2. The first-order chi connectivity index (χ1) is 11.1. The van der Waals surface area contributed by atoms with Crippen molar-refractivity contribution in [1.82, 2.24) is 15.0 Å². The van der Waals surface area contributed by atoms with Gasteiger partial charge in [-0.2, -0.15) is 0 Å². The minimum Gasteiger partial charge on any atom is -0.379 e. The molecule has 2 aliphatic heterocycles. The number of aromatic nitrogens is 1. The molecule has 6 nitrogen and oxygen atoms in total. The highest BCUT2D eigenvalue weighted by Crippen LogP contribution is 2.27. The van der Waals surface area contributed by atoms with Crippen LogP contribution in [0.5, 0.6) is 0 Å². The Morgan fingerprint density at radius 1 is 1.35 bits per heavy atom. The minimum atomic E-state index is -0.0291. The second-order valence-electron chi connectivity index (χ2n) is 6.86. The van der Waals surface area contributed by atoms with Crippen LogP contribution in [0.4, 0.5) is 0 Å². The van der Waals surface area contributed by atoms with E-state index >= 15 is 0 Å². The van der Waals surface area contributed by atoms with Crippen molar-refractivity contribution in [2.24, 2.45) is 5.92 Å². The number of nitrogens with zero attached hydrogens (tertiary/aromatic N) is 3. The van der Waals surface area contributed by atoms with Gasteiger partial charge >= 0.3 is 0 Å². The quantitative estimate of drug-likeness (QED) is 0.849. The predicted molar refractivity (Wildman–Crippen MR) is 86.5 cm³/mol. The zero-order chi connectivity index (χ0) is 16.4. The van der Waals surface area contributed by atoms with Crippen LogP contribution in [0, 0.1) is 5.92 Å². The number of hydrogen-bond donors (Lipinski definition) is 0. The maximum atomic E-state index is 12.7. The van der Waals surface area contributed by atoms with Gasteiger partial charge in [-0.05, 0) is 11.8 Å². The predicted octanol–water partition coefficient (Wildman–Crippen LogP) is 1.98. The smallest absolute Gasteiger partial charge is 0.292 e. The number of morpholine rings is 1. The van der Waals surface area contributed by atoms with Gasteiger partial charge in [-0.3, -0.25) is 9.69 Å². The molecule has 0 saturated carbocycles. The van der Waals surface area contributed by atoms with E-state index in [2.05, 4.69) is 17.0 Å². The molecule has 0 spiro atoms. The van der Waals surface area contributed by atoms with Gasteiger partial charge < -0.3 is 14.2 Å². The lowest BCUT2D eigenvalue weighted by Crippen LogP contribution is -2.47. The first-order valence-electron chi connectivity index (χ1n) is 8.67. The van der Waals surface area contributed by atoms with Crippen molar-refractivity contribution in [2.45, 2.75) is 39.2 Å². The molecular formula is C17H27N3O3. The molecule has 2 atom stereocenters. The fraction of sp³-hybridized carbons (Fsp3) is 0.765. The van der Waals surface area contributed by atoms with E-state index in [1.165, 1.54) is 0 Å². The molecular weight excluding hydrogens is 294 g/mol. The molecule has 1 amide bonds. The summed E-state index contributed by atoms with van der Waals surface area (Å²) in [5.74, 6) is 1.12. The molecule has 3 heterocycles. The van der Waals surface area contributed by atoms with Crippen LogP contribution in [-0.2, 0) is 4.74 Å². The van der Waals surface area contributed by atoms with E-state index in [0.29, 0.717) is 17.7 Å². The molecule has 0 bridgehead atoms. The fourth-order valence-corrected chi connectivity index (χ4v) is 3.56. The third kappa shape index (κ3) is 3.43. The number of ether oxygens (including phenoxy) is 1. The number of likely N-dealkylation sites (tertiary alicyclic amines) is 1. The van der Waals surface area contributed by atoms with E-state index in [-0.39, 0.29) is 11.8 Å². The van der Waals surface area contributed by atoms with Crippen molar-refractivity contribution in [3.05, 3.63) is 17.5 Å².